The Bertz CT molecular complexity index is 841. The standard InChI is InChI=1S/C18H23NO4S2/c1-4-11-23-17-7-6-16(12-13(17)2)25(21,22)19-10-9-15-5-8-18(24-15)14(3)20/h5-8,12,19H,4,9-11H2,1-3H3. The lowest BCUT2D eigenvalue weighted by Crippen LogP contribution is -2.25. The number of sulfonamides is 1. The van der Waals surface area contributed by atoms with E-state index in [0.717, 1.165) is 16.9 Å². The minimum atomic E-state index is -3.57. The van der Waals surface area contributed by atoms with Crippen LogP contribution in [0.3, 0.4) is 0 Å². The van der Waals surface area contributed by atoms with E-state index in [2.05, 4.69) is 4.72 Å². The fourth-order valence-electron chi connectivity index (χ4n) is 2.26. The molecule has 136 valence electrons. The molecule has 2 aromatic rings. The predicted molar refractivity (Wildman–Crippen MR) is 100 cm³/mol. The van der Waals surface area contributed by atoms with Crippen LogP contribution in [0.1, 0.15) is 40.4 Å². The number of hydrogen-bond donors (Lipinski definition) is 1. The van der Waals surface area contributed by atoms with Crippen LogP contribution >= 0.6 is 11.3 Å². The lowest BCUT2D eigenvalue weighted by atomic mass is 10.2. The summed E-state index contributed by atoms with van der Waals surface area (Å²) in [6, 6.07) is 8.50. The molecule has 1 aromatic heterocycles. The van der Waals surface area contributed by atoms with Crippen LogP contribution in [0.15, 0.2) is 35.2 Å². The molecule has 0 atom stereocenters. The van der Waals surface area contributed by atoms with Crippen LogP contribution in [0.25, 0.3) is 0 Å². The van der Waals surface area contributed by atoms with Crippen LogP contribution in [0.5, 0.6) is 5.75 Å². The highest BCUT2D eigenvalue weighted by molar-refractivity contribution is 7.89. The quantitative estimate of drug-likeness (QED) is 0.674. The smallest absolute Gasteiger partial charge is 0.240 e. The van der Waals surface area contributed by atoms with E-state index in [9.17, 15) is 13.2 Å². The Balaban J connectivity index is 1.98. The van der Waals surface area contributed by atoms with Crippen molar-refractivity contribution in [3.05, 3.63) is 45.6 Å². The number of thiophene rings is 1. The normalized spacial score (nSPS) is 11.5. The highest BCUT2D eigenvalue weighted by Crippen LogP contribution is 2.22. The minimum absolute atomic E-state index is 0.0256. The van der Waals surface area contributed by atoms with E-state index in [1.54, 1.807) is 24.3 Å². The van der Waals surface area contributed by atoms with Gasteiger partial charge < -0.3 is 4.74 Å². The first kappa shape index (κ1) is 19.6. The van der Waals surface area contributed by atoms with Gasteiger partial charge in [-0.1, -0.05) is 6.92 Å². The van der Waals surface area contributed by atoms with Gasteiger partial charge in [0.05, 0.1) is 16.4 Å². The highest BCUT2D eigenvalue weighted by atomic mass is 32.2. The number of ether oxygens (including phenoxy) is 1. The van der Waals surface area contributed by atoms with Crippen molar-refractivity contribution in [1.29, 1.82) is 0 Å². The first-order valence-corrected chi connectivity index (χ1v) is 10.5. The summed E-state index contributed by atoms with van der Waals surface area (Å²) >= 11 is 1.40. The maximum atomic E-state index is 12.4. The van der Waals surface area contributed by atoms with Crippen molar-refractivity contribution >= 4 is 27.1 Å². The Morgan fingerprint density at radius 2 is 2.00 bits per heavy atom. The molecule has 0 saturated carbocycles. The second-order valence-electron chi connectivity index (χ2n) is 5.75. The van der Waals surface area contributed by atoms with E-state index in [4.69, 9.17) is 4.74 Å². The number of aryl methyl sites for hydroxylation is 1. The number of Topliss-reactive ketones (excluding diaryl/α,β-unsaturated/α-hetero) is 1. The van der Waals surface area contributed by atoms with Crippen molar-refractivity contribution in [1.82, 2.24) is 4.72 Å². The zero-order chi connectivity index (χ0) is 18.4. The molecule has 1 aromatic carbocycles. The SMILES string of the molecule is CCCOc1ccc(S(=O)(=O)NCCc2ccc(C(C)=O)s2)cc1C. The molecule has 0 aliphatic heterocycles. The summed E-state index contributed by atoms with van der Waals surface area (Å²) < 4.78 is 33.0. The van der Waals surface area contributed by atoms with Crippen LogP contribution in [0, 0.1) is 6.92 Å². The molecule has 7 heteroatoms. The van der Waals surface area contributed by atoms with Crippen molar-refractivity contribution in [2.45, 2.75) is 38.5 Å². The van der Waals surface area contributed by atoms with Crippen molar-refractivity contribution in [3.63, 3.8) is 0 Å². The van der Waals surface area contributed by atoms with Gasteiger partial charge in [0.15, 0.2) is 5.78 Å². The first-order valence-electron chi connectivity index (χ1n) is 8.16. The summed E-state index contributed by atoms with van der Waals surface area (Å²) in [7, 11) is -3.57. The number of rotatable bonds is 9. The molecule has 0 amide bonds. The van der Waals surface area contributed by atoms with E-state index in [1.807, 2.05) is 19.9 Å². The van der Waals surface area contributed by atoms with Gasteiger partial charge in [-0.2, -0.15) is 0 Å². The van der Waals surface area contributed by atoms with Gasteiger partial charge in [-0.25, -0.2) is 13.1 Å². The molecule has 2 rings (SSSR count). The van der Waals surface area contributed by atoms with Crippen LogP contribution < -0.4 is 9.46 Å². The van der Waals surface area contributed by atoms with Crippen LogP contribution in [0.4, 0.5) is 0 Å². The first-order chi connectivity index (χ1) is 11.8. The third-order valence-electron chi connectivity index (χ3n) is 3.59. The number of carbonyl (C=O) groups is 1. The van der Waals surface area contributed by atoms with Gasteiger partial charge in [-0.3, -0.25) is 4.79 Å². The van der Waals surface area contributed by atoms with E-state index in [-0.39, 0.29) is 17.2 Å². The van der Waals surface area contributed by atoms with Crippen LogP contribution in [-0.2, 0) is 16.4 Å². The van der Waals surface area contributed by atoms with Crippen LogP contribution in [-0.4, -0.2) is 27.4 Å². The maximum Gasteiger partial charge on any atom is 0.240 e. The zero-order valence-corrected chi connectivity index (χ0v) is 16.3. The Labute approximate surface area is 153 Å². The Kier molecular flexibility index (Phi) is 6.75. The van der Waals surface area contributed by atoms with Crippen molar-refractivity contribution < 1.29 is 17.9 Å². The zero-order valence-electron chi connectivity index (χ0n) is 14.7. The number of ketones is 1. The molecule has 0 spiro atoms. The summed E-state index contributed by atoms with van der Waals surface area (Å²) in [5.41, 5.74) is 0.792. The van der Waals surface area contributed by atoms with Gasteiger partial charge >= 0.3 is 0 Å². The number of benzene rings is 1. The summed E-state index contributed by atoms with van der Waals surface area (Å²) in [6.45, 7) is 6.26. The summed E-state index contributed by atoms with van der Waals surface area (Å²) in [5.74, 6) is 0.730. The molecule has 0 saturated heterocycles. The highest BCUT2D eigenvalue weighted by Gasteiger charge is 2.15. The summed E-state index contributed by atoms with van der Waals surface area (Å²) in [6.07, 6.45) is 1.45. The fourth-order valence-corrected chi connectivity index (χ4v) is 4.28. The Morgan fingerprint density at radius 1 is 1.24 bits per heavy atom. The van der Waals surface area contributed by atoms with Gasteiger partial charge in [0.2, 0.25) is 10.0 Å². The van der Waals surface area contributed by atoms with E-state index in [1.165, 1.54) is 18.3 Å². The van der Waals surface area contributed by atoms with Gasteiger partial charge in [0.25, 0.3) is 0 Å². The number of nitrogens with one attached hydrogen (secondary N) is 1. The van der Waals surface area contributed by atoms with Crippen LogP contribution in [0.2, 0.25) is 0 Å². The molecule has 1 N–H and O–H groups in total. The van der Waals surface area contributed by atoms with Gasteiger partial charge in [0.1, 0.15) is 5.75 Å². The molecule has 0 fully saturated rings. The largest absolute Gasteiger partial charge is 0.493 e. The topological polar surface area (TPSA) is 72.5 Å². The molecule has 25 heavy (non-hydrogen) atoms. The number of carbonyl (C=O) groups excluding carboxylic acids is 1. The van der Waals surface area contributed by atoms with E-state index >= 15 is 0 Å². The Morgan fingerprint density at radius 3 is 2.60 bits per heavy atom. The van der Waals surface area contributed by atoms with Crippen molar-refractivity contribution in [2.24, 2.45) is 0 Å². The summed E-state index contributed by atoms with van der Waals surface area (Å²) in [4.78, 5) is 13.2. The molecular formula is C18H23NO4S2. The lowest BCUT2D eigenvalue weighted by Gasteiger charge is -2.11. The van der Waals surface area contributed by atoms with E-state index < -0.39 is 10.0 Å². The van der Waals surface area contributed by atoms with E-state index in [0.29, 0.717) is 23.7 Å². The number of hydrogen-bond acceptors (Lipinski definition) is 5. The van der Waals surface area contributed by atoms with Gasteiger partial charge in [-0.05, 0) is 62.6 Å². The molecule has 0 aliphatic rings. The molecule has 5 nitrogen and oxygen atoms in total. The monoisotopic (exact) mass is 381 g/mol. The Hall–Kier alpha value is -1.70. The molecule has 0 aliphatic carbocycles. The molecule has 0 radical (unpaired) electrons. The van der Waals surface area contributed by atoms with Crippen molar-refractivity contribution in [2.75, 3.05) is 13.2 Å². The maximum absolute atomic E-state index is 12.4. The average Bonchev–Trinajstić information content (AvgIpc) is 3.02. The second-order valence-corrected chi connectivity index (χ2v) is 8.68. The fraction of sp³-hybridized carbons (Fsp3) is 0.389. The third kappa shape index (κ3) is 5.39. The third-order valence-corrected chi connectivity index (χ3v) is 6.30. The summed E-state index contributed by atoms with van der Waals surface area (Å²) in [5, 5.41) is 0. The molecule has 1 heterocycles. The molecule has 0 bridgehead atoms. The molecular weight excluding hydrogens is 358 g/mol. The average molecular weight is 382 g/mol. The second kappa shape index (κ2) is 8.60. The van der Waals surface area contributed by atoms with Crippen molar-refractivity contribution in [3.8, 4) is 5.75 Å². The lowest BCUT2D eigenvalue weighted by molar-refractivity contribution is 0.102. The van der Waals surface area contributed by atoms with Gasteiger partial charge in [-0.15, -0.1) is 11.3 Å². The van der Waals surface area contributed by atoms with Gasteiger partial charge in [0, 0.05) is 11.4 Å². The predicted octanol–water partition coefficient (Wildman–Crippen LogP) is 3.57. The minimum Gasteiger partial charge on any atom is -0.493 e. The molecule has 0 unspecified atom stereocenters.